The maximum Gasteiger partial charge on any atom is 0.241 e. The van der Waals surface area contributed by atoms with Crippen molar-refractivity contribution in [3.8, 4) is 0 Å². The molecule has 1 unspecified atom stereocenters. The van der Waals surface area contributed by atoms with Crippen LogP contribution in [0.1, 0.15) is 25.1 Å². The van der Waals surface area contributed by atoms with Crippen molar-refractivity contribution in [1.29, 1.82) is 0 Å². The van der Waals surface area contributed by atoms with Crippen LogP contribution in [0.2, 0.25) is 0 Å². The standard InChI is InChI=1S/C11H20N2O2S2/c1-4-9(2)6-13-17(14,15)11-5-10(7-12-3)16-8-11/h5,8-9,12-13H,4,6-7H2,1-3H3. The van der Waals surface area contributed by atoms with Crippen molar-refractivity contribution in [2.75, 3.05) is 13.6 Å². The molecule has 0 aromatic carbocycles. The number of rotatable bonds is 7. The second-order valence-electron chi connectivity index (χ2n) is 4.14. The van der Waals surface area contributed by atoms with Crippen molar-refractivity contribution in [3.63, 3.8) is 0 Å². The van der Waals surface area contributed by atoms with Gasteiger partial charge in [0.15, 0.2) is 0 Å². The average molecular weight is 276 g/mol. The Kier molecular flexibility index (Phi) is 5.58. The first-order valence-corrected chi connectivity index (χ1v) is 8.07. The second kappa shape index (κ2) is 6.49. The Morgan fingerprint density at radius 1 is 1.47 bits per heavy atom. The first-order valence-electron chi connectivity index (χ1n) is 5.71. The van der Waals surface area contributed by atoms with Crippen LogP contribution in [0.5, 0.6) is 0 Å². The van der Waals surface area contributed by atoms with Gasteiger partial charge in [-0.15, -0.1) is 11.3 Å². The van der Waals surface area contributed by atoms with Crippen LogP contribution in [0.4, 0.5) is 0 Å². The molecule has 0 aliphatic rings. The average Bonchev–Trinajstić information content (AvgIpc) is 2.76. The lowest BCUT2D eigenvalue weighted by atomic mass is 10.1. The molecule has 4 nitrogen and oxygen atoms in total. The Hall–Kier alpha value is -0.430. The van der Waals surface area contributed by atoms with Crippen molar-refractivity contribution in [2.24, 2.45) is 5.92 Å². The van der Waals surface area contributed by atoms with E-state index < -0.39 is 10.0 Å². The maximum atomic E-state index is 11.9. The summed E-state index contributed by atoms with van der Waals surface area (Å²) in [5, 5.41) is 4.69. The molecule has 0 bridgehead atoms. The number of hydrogen-bond donors (Lipinski definition) is 2. The first-order chi connectivity index (χ1) is 7.99. The third-order valence-corrected chi connectivity index (χ3v) is 5.10. The Balaban J connectivity index is 2.68. The van der Waals surface area contributed by atoms with E-state index in [1.54, 1.807) is 11.4 Å². The summed E-state index contributed by atoms with van der Waals surface area (Å²) in [4.78, 5) is 1.40. The van der Waals surface area contributed by atoms with Crippen LogP contribution in [-0.4, -0.2) is 22.0 Å². The lowest BCUT2D eigenvalue weighted by Crippen LogP contribution is -2.27. The van der Waals surface area contributed by atoms with E-state index >= 15 is 0 Å². The van der Waals surface area contributed by atoms with E-state index in [1.807, 2.05) is 14.0 Å². The third-order valence-electron chi connectivity index (χ3n) is 2.61. The summed E-state index contributed by atoms with van der Waals surface area (Å²) in [5.74, 6) is 0.361. The van der Waals surface area contributed by atoms with Crippen molar-refractivity contribution in [2.45, 2.75) is 31.7 Å². The minimum Gasteiger partial charge on any atom is -0.315 e. The largest absolute Gasteiger partial charge is 0.315 e. The summed E-state index contributed by atoms with van der Waals surface area (Å²) >= 11 is 1.46. The van der Waals surface area contributed by atoms with E-state index in [0.29, 0.717) is 23.9 Å². The van der Waals surface area contributed by atoms with Crippen molar-refractivity contribution in [3.05, 3.63) is 16.3 Å². The zero-order chi connectivity index (χ0) is 12.9. The molecule has 0 spiro atoms. The van der Waals surface area contributed by atoms with Crippen LogP contribution in [-0.2, 0) is 16.6 Å². The highest BCUT2D eigenvalue weighted by molar-refractivity contribution is 7.89. The number of hydrogen-bond acceptors (Lipinski definition) is 4. The maximum absolute atomic E-state index is 11.9. The SMILES string of the molecule is CCC(C)CNS(=O)(=O)c1csc(CNC)c1. The van der Waals surface area contributed by atoms with Gasteiger partial charge in [0.1, 0.15) is 0 Å². The Morgan fingerprint density at radius 2 is 2.18 bits per heavy atom. The molecule has 0 saturated heterocycles. The molecule has 0 aliphatic carbocycles. The van der Waals surface area contributed by atoms with Crippen LogP contribution in [0.15, 0.2) is 16.3 Å². The van der Waals surface area contributed by atoms with E-state index in [1.165, 1.54) is 11.3 Å². The van der Waals surface area contributed by atoms with Crippen LogP contribution in [0.3, 0.4) is 0 Å². The molecule has 1 heterocycles. The molecule has 98 valence electrons. The highest BCUT2D eigenvalue weighted by Crippen LogP contribution is 2.19. The van der Waals surface area contributed by atoms with Crippen molar-refractivity contribution in [1.82, 2.24) is 10.0 Å². The van der Waals surface area contributed by atoms with Gasteiger partial charge in [-0.3, -0.25) is 0 Å². The van der Waals surface area contributed by atoms with Crippen molar-refractivity contribution >= 4 is 21.4 Å². The molecule has 0 amide bonds. The monoisotopic (exact) mass is 276 g/mol. The summed E-state index contributed by atoms with van der Waals surface area (Å²) in [6, 6.07) is 1.72. The summed E-state index contributed by atoms with van der Waals surface area (Å²) < 4.78 is 26.5. The summed E-state index contributed by atoms with van der Waals surface area (Å²) in [6.07, 6.45) is 0.969. The van der Waals surface area contributed by atoms with E-state index in [4.69, 9.17) is 0 Å². The van der Waals surface area contributed by atoms with Gasteiger partial charge in [0.05, 0.1) is 4.90 Å². The zero-order valence-electron chi connectivity index (χ0n) is 10.5. The smallest absolute Gasteiger partial charge is 0.241 e. The topological polar surface area (TPSA) is 58.2 Å². The summed E-state index contributed by atoms with van der Waals surface area (Å²) in [6.45, 7) is 5.28. The quantitative estimate of drug-likeness (QED) is 0.798. The molecule has 0 radical (unpaired) electrons. The van der Waals surface area contributed by atoms with Gasteiger partial charge in [-0.25, -0.2) is 13.1 Å². The van der Waals surface area contributed by atoms with Gasteiger partial charge in [-0.1, -0.05) is 20.3 Å². The molecule has 1 aromatic heterocycles. The van der Waals surface area contributed by atoms with Gasteiger partial charge >= 0.3 is 0 Å². The molecular weight excluding hydrogens is 256 g/mol. The molecule has 17 heavy (non-hydrogen) atoms. The molecule has 1 atom stereocenters. The molecule has 0 fully saturated rings. The molecule has 0 saturated carbocycles. The number of nitrogens with one attached hydrogen (secondary N) is 2. The minimum absolute atomic E-state index is 0.361. The van der Waals surface area contributed by atoms with Crippen LogP contribution >= 0.6 is 11.3 Å². The van der Waals surface area contributed by atoms with Gasteiger partial charge in [-0.2, -0.15) is 0 Å². The van der Waals surface area contributed by atoms with Gasteiger partial charge < -0.3 is 5.32 Å². The fourth-order valence-electron chi connectivity index (χ4n) is 1.25. The number of sulfonamides is 1. The predicted molar refractivity (Wildman–Crippen MR) is 71.7 cm³/mol. The van der Waals surface area contributed by atoms with E-state index in [2.05, 4.69) is 17.0 Å². The zero-order valence-corrected chi connectivity index (χ0v) is 12.1. The van der Waals surface area contributed by atoms with Gasteiger partial charge in [0.2, 0.25) is 10.0 Å². The van der Waals surface area contributed by atoms with Gasteiger partial charge in [-0.05, 0) is 19.0 Å². The van der Waals surface area contributed by atoms with E-state index in [9.17, 15) is 8.42 Å². The summed E-state index contributed by atoms with van der Waals surface area (Å²) in [5.41, 5.74) is 0. The van der Waals surface area contributed by atoms with Crippen LogP contribution in [0, 0.1) is 5.92 Å². The van der Waals surface area contributed by atoms with Crippen LogP contribution in [0.25, 0.3) is 0 Å². The molecule has 0 aliphatic heterocycles. The molecule has 1 aromatic rings. The fourth-order valence-corrected chi connectivity index (χ4v) is 3.70. The molecule has 6 heteroatoms. The lowest BCUT2D eigenvalue weighted by Gasteiger charge is -2.09. The fraction of sp³-hybridized carbons (Fsp3) is 0.636. The third kappa shape index (κ3) is 4.39. The molecule has 1 rings (SSSR count). The second-order valence-corrected chi connectivity index (χ2v) is 6.91. The van der Waals surface area contributed by atoms with Gasteiger partial charge in [0.25, 0.3) is 0 Å². The van der Waals surface area contributed by atoms with E-state index in [-0.39, 0.29) is 0 Å². The minimum atomic E-state index is -3.33. The Bertz CT molecular complexity index is 440. The molecule has 2 N–H and O–H groups in total. The Labute approximate surface area is 107 Å². The Morgan fingerprint density at radius 3 is 2.76 bits per heavy atom. The van der Waals surface area contributed by atoms with E-state index in [0.717, 1.165) is 11.3 Å². The highest BCUT2D eigenvalue weighted by Gasteiger charge is 2.16. The normalized spacial score (nSPS) is 13.8. The molecular formula is C11H20N2O2S2. The predicted octanol–water partition coefficient (Wildman–Crippen LogP) is 1.79. The highest BCUT2D eigenvalue weighted by atomic mass is 32.2. The van der Waals surface area contributed by atoms with Gasteiger partial charge in [0, 0.05) is 23.3 Å². The van der Waals surface area contributed by atoms with Crippen LogP contribution < -0.4 is 10.0 Å². The number of thiophene rings is 1. The first kappa shape index (κ1) is 14.6. The lowest BCUT2D eigenvalue weighted by molar-refractivity contribution is 0.528. The van der Waals surface area contributed by atoms with Crippen molar-refractivity contribution < 1.29 is 8.42 Å². The summed E-state index contributed by atoms with van der Waals surface area (Å²) in [7, 11) is -1.49.